The van der Waals surface area contributed by atoms with Gasteiger partial charge in [-0.05, 0) is 38.3 Å². The van der Waals surface area contributed by atoms with Crippen LogP contribution in [0, 0.1) is 17.0 Å². The first-order valence-corrected chi connectivity index (χ1v) is 8.67. The molecule has 6 heteroatoms. The maximum atomic E-state index is 13.7. The molecule has 24 heavy (non-hydrogen) atoms. The van der Waals surface area contributed by atoms with Crippen molar-refractivity contribution in [1.82, 2.24) is 10.2 Å². The first-order chi connectivity index (χ1) is 11.6. The molecule has 1 atom stereocenters. The van der Waals surface area contributed by atoms with Gasteiger partial charge in [-0.1, -0.05) is 6.07 Å². The molecule has 3 rings (SSSR count). The van der Waals surface area contributed by atoms with Gasteiger partial charge in [-0.15, -0.1) is 0 Å². The molecule has 2 aliphatic heterocycles. The number of hydrogen-bond acceptors (Lipinski definition) is 2. The Labute approximate surface area is 141 Å². The highest BCUT2D eigenvalue weighted by Crippen LogP contribution is 2.38. The van der Waals surface area contributed by atoms with Gasteiger partial charge in [0.1, 0.15) is 11.6 Å². The molecular formula is C18H25F2N3O. The molecule has 1 N–H and O–H groups in total. The van der Waals surface area contributed by atoms with Gasteiger partial charge in [-0.3, -0.25) is 4.99 Å². The fourth-order valence-electron chi connectivity index (χ4n) is 3.56. The second-order valence-electron chi connectivity index (χ2n) is 6.66. The molecule has 2 saturated heterocycles. The normalized spacial score (nSPS) is 24.1. The van der Waals surface area contributed by atoms with E-state index < -0.39 is 11.6 Å². The van der Waals surface area contributed by atoms with Crippen molar-refractivity contribution in [3.63, 3.8) is 0 Å². The van der Waals surface area contributed by atoms with Gasteiger partial charge in [0.05, 0.1) is 6.61 Å². The number of hydrogen-bond donors (Lipinski definition) is 1. The Morgan fingerprint density at radius 2 is 2.12 bits per heavy atom. The highest BCUT2D eigenvalue weighted by molar-refractivity contribution is 5.80. The monoisotopic (exact) mass is 337 g/mol. The van der Waals surface area contributed by atoms with Gasteiger partial charge in [0, 0.05) is 43.8 Å². The summed E-state index contributed by atoms with van der Waals surface area (Å²) in [5, 5.41) is 3.29. The summed E-state index contributed by atoms with van der Waals surface area (Å²) in [5.41, 5.74) is 0.368. The van der Waals surface area contributed by atoms with Gasteiger partial charge in [0.15, 0.2) is 5.96 Å². The van der Waals surface area contributed by atoms with E-state index in [-0.39, 0.29) is 17.4 Å². The molecule has 1 aromatic rings. The molecule has 2 aliphatic rings. The largest absolute Gasteiger partial charge is 0.381 e. The minimum absolute atomic E-state index is 0.110. The quantitative estimate of drug-likeness (QED) is 0.678. The van der Waals surface area contributed by atoms with E-state index in [1.54, 1.807) is 0 Å². The van der Waals surface area contributed by atoms with Crippen molar-refractivity contribution in [3.05, 3.63) is 35.4 Å². The van der Waals surface area contributed by atoms with Crippen molar-refractivity contribution in [3.8, 4) is 0 Å². The molecule has 2 heterocycles. The van der Waals surface area contributed by atoms with Gasteiger partial charge in [0.25, 0.3) is 0 Å². The average Bonchev–Trinajstić information content (AvgIpc) is 3.20. The number of benzene rings is 1. The zero-order chi connectivity index (χ0) is 17.0. The average molecular weight is 337 g/mol. The second-order valence-corrected chi connectivity index (χ2v) is 6.66. The Morgan fingerprint density at radius 1 is 1.33 bits per heavy atom. The summed E-state index contributed by atoms with van der Waals surface area (Å²) < 4.78 is 33.0. The maximum Gasteiger partial charge on any atom is 0.193 e. The highest BCUT2D eigenvalue weighted by atomic mass is 19.1. The second kappa shape index (κ2) is 7.47. The van der Waals surface area contributed by atoms with Crippen molar-refractivity contribution < 1.29 is 13.5 Å². The van der Waals surface area contributed by atoms with Crippen LogP contribution in [0.1, 0.15) is 25.3 Å². The predicted octanol–water partition coefficient (Wildman–Crippen LogP) is 2.59. The molecule has 0 saturated carbocycles. The number of ether oxygens (including phenoxy) is 1. The first-order valence-electron chi connectivity index (χ1n) is 8.67. The molecule has 0 bridgehead atoms. The number of guanidine groups is 1. The van der Waals surface area contributed by atoms with Gasteiger partial charge in [-0.25, -0.2) is 8.78 Å². The molecule has 1 spiro atoms. The molecule has 0 aromatic heterocycles. The van der Waals surface area contributed by atoms with Gasteiger partial charge in [-0.2, -0.15) is 0 Å². The molecule has 0 radical (unpaired) electrons. The van der Waals surface area contributed by atoms with E-state index in [0.29, 0.717) is 6.54 Å². The van der Waals surface area contributed by atoms with Crippen LogP contribution in [0.3, 0.4) is 0 Å². The van der Waals surface area contributed by atoms with E-state index in [2.05, 4.69) is 15.2 Å². The molecule has 2 fully saturated rings. The number of aliphatic imine (C=N–C) groups is 1. The summed E-state index contributed by atoms with van der Waals surface area (Å²) >= 11 is 0. The SMILES string of the molecule is CCNC(=NCCc1c(F)cccc1F)N1CCC2(CCOC2)C1. The Balaban J connectivity index is 1.64. The van der Waals surface area contributed by atoms with Crippen LogP contribution in [0.5, 0.6) is 0 Å². The van der Waals surface area contributed by atoms with Crippen LogP contribution in [0.25, 0.3) is 0 Å². The molecule has 0 amide bonds. The van der Waals surface area contributed by atoms with Crippen LogP contribution >= 0.6 is 0 Å². The Kier molecular flexibility index (Phi) is 5.33. The number of halogens is 2. The van der Waals surface area contributed by atoms with Gasteiger partial charge >= 0.3 is 0 Å². The van der Waals surface area contributed by atoms with Crippen molar-refractivity contribution in [2.45, 2.75) is 26.2 Å². The smallest absolute Gasteiger partial charge is 0.193 e. The minimum Gasteiger partial charge on any atom is -0.381 e. The molecule has 1 aromatic carbocycles. The fraction of sp³-hybridized carbons (Fsp3) is 0.611. The summed E-state index contributed by atoms with van der Waals surface area (Å²) in [6.45, 7) is 6.71. The van der Waals surface area contributed by atoms with E-state index in [1.165, 1.54) is 18.2 Å². The van der Waals surface area contributed by atoms with E-state index in [4.69, 9.17) is 4.74 Å². The zero-order valence-electron chi connectivity index (χ0n) is 14.2. The number of rotatable bonds is 4. The van der Waals surface area contributed by atoms with Crippen LogP contribution in [-0.4, -0.2) is 50.3 Å². The summed E-state index contributed by atoms with van der Waals surface area (Å²) in [5.74, 6) is -0.171. The third-order valence-electron chi connectivity index (χ3n) is 4.94. The standard InChI is InChI=1S/C18H25F2N3O/c1-2-21-17(23-10-7-18(12-23)8-11-24-13-18)22-9-6-14-15(19)4-3-5-16(14)20/h3-5H,2,6-13H2,1H3,(H,21,22). The molecule has 4 nitrogen and oxygen atoms in total. The third kappa shape index (κ3) is 3.69. The Morgan fingerprint density at radius 3 is 2.79 bits per heavy atom. The third-order valence-corrected chi connectivity index (χ3v) is 4.94. The lowest BCUT2D eigenvalue weighted by molar-refractivity contribution is 0.156. The van der Waals surface area contributed by atoms with Gasteiger partial charge < -0.3 is 15.0 Å². The first kappa shape index (κ1) is 17.1. The van der Waals surface area contributed by atoms with Crippen LogP contribution in [0.15, 0.2) is 23.2 Å². The predicted molar refractivity (Wildman–Crippen MR) is 90.1 cm³/mol. The Hall–Kier alpha value is -1.69. The number of nitrogens with zero attached hydrogens (tertiary/aromatic N) is 2. The number of nitrogens with one attached hydrogen (secondary N) is 1. The molecular weight excluding hydrogens is 312 g/mol. The molecule has 0 aliphatic carbocycles. The minimum atomic E-state index is -0.501. The van der Waals surface area contributed by atoms with E-state index in [1.807, 2.05) is 6.92 Å². The van der Waals surface area contributed by atoms with Crippen molar-refractivity contribution in [2.24, 2.45) is 10.4 Å². The van der Waals surface area contributed by atoms with E-state index in [0.717, 1.165) is 51.6 Å². The van der Waals surface area contributed by atoms with Crippen LogP contribution in [0.2, 0.25) is 0 Å². The number of likely N-dealkylation sites (tertiary alicyclic amines) is 1. The van der Waals surface area contributed by atoms with Crippen molar-refractivity contribution >= 4 is 5.96 Å². The van der Waals surface area contributed by atoms with Crippen molar-refractivity contribution in [1.29, 1.82) is 0 Å². The van der Waals surface area contributed by atoms with E-state index in [9.17, 15) is 8.78 Å². The molecule has 1 unspecified atom stereocenters. The lowest BCUT2D eigenvalue weighted by atomic mass is 9.87. The zero-order valence-corrected chi connectivity index (χ0v) is 14.2. The topological polar surface area (TPSA) is 36.9 Å². The fourth-order valence-corrected chi connectivity index (χ4v) is 3.56. The van der Waals surface area contributed by atoms with Crippen molar-refractivity contribution in [2.75, 3.05) is 39.4 Å². The van der Waals surface area contributed by atoms with E-state index >= 15 is 0 Å². The lowest BCUT2D eigenvalue weighted by Gasteiger charge is -2.25. The van der Waals surface area contributed by atoms with Crippen LogP contribution in [-0.2, 0) is 11.2 Å². The summed E-state index contributed by atoms with van der Waals surface area (Å²) in [6.07, 6.45) is 2.47. The summed E-state index contributed by atoms with van der Waals surface area (Å²) in [6, 6.07) is 3.96. The molecule has 132 valence electrons. The van der Waals surface area contributed by atoms with Crippen LogP contribution < -0.4 is 5.32 Å². The van der Waals surface area contributed by atoms with Crippen LogP contribution in [0.4, 0.5) is 8.78 Å². The summed E-state index contributed by atoms with van der Waals surface area (Å²) in [7, 11) is 0. The maximum absolute atomic E-state index is 13.7. The Bertz CT molecular complexity index is 580. The summed E-state index contributed by atoms with van der Waals surface area (Å²) in [4.78, 5) is 6.83. The highest BCUT2D eigenvalue weighted by Gasteiger charge is 2.42. The lowest BCUT2D eigenvalue weighted by Crippen LogP contribution is -2.41. The van der Waals surface area contributed by atoms with Gasteiger partial charge in [0.2, 0.25) is 0 Å².